The summed E-state index contributed by atoms with van der Waals surface area (Å²) >= 11 is 6.23. The highest BCUT2D eigenvalue weighted by molar-refractivity contribution is 6.34. The Balaban J connectivity index is 1.61. The Morgan fingerprint density at radius 1 is 1.38 bits per heavy atom. The van der Waals surface area contributed by atoms with Crippen LogP contribution in [0.2, 0.25) is 5.02 Å². The average Bonchev–Trinajstić information content (AvgIpc) is 3.03. The van der Waals surface area contributed by atoms with Crippen LogP contribution in [-0.2, 0) is 9.59 Å². The minimum absolute atomic E-state index is 0.0408. The molecule has 1 aromatic carbocycles. The number of rotatable bonds is 5. The van der Waals surface area contributed by atoms with E-state index in [2.05, 4.69) is 12.2 Å². The van der Waals surface area contributed by atoms with Crippen LogP contribution < -0.4 is 10.2 Å². The van der Waals surface area contributed by atoms with Gasteiger partial charge in [0.15, 0.2) is 0 Å². The fraction of sp³-hybridized carbons (Fsp3) is 0.600. The molecule has 2 aliphatic rings. The Morgan fingerprint density at radius 3 is 2.85 bits per heavy atom. The fourth-order valence-corrected chi connectivity index (χ4v) is 4.30. The highest BCUT2D eigenvalue weighted by Gasteiger charge is 2.38. The third kappa shape index (κ3) is 4.04. The first-order chi connectivity index (χ1) is 12.5. The van der Waals surface area contributed by atoms with Crippen molar-refractivity contribution in [1.29, 1.82) is 0 Å². The Hall–Kier alpha value is -1.59. The van der Waals surface area contributed by atoms with Crippen LogP contribution in [0.3, 0.4) is 0 Å². The lowest BCUT2D eigenvalue weighted by Crippen LogP contribution is -2.44. The standard InChI is InChI=1S/C20H28ClN3O2/c1-14(15-6-5-10-22-13-15)12-19(25)23(2)18-9-11-24(20(18)26)17-8-4-3-7-16(17)21/h3-4,7-8,14-15,18,22H,5-6,9-13H2,1-2H3. The molecule has 0 spiro atoms. The molecule has 3 unspecified atom stereocenters. The Morgan fingerprint density at radius 2 is 2.15 bits per heavy atom. The van der Waals surface area contributed by atoms with E-state index in [0.29, 0.717) is 36.2 Å². The van der Waals surface area contributed by atoms with Crippen LogP contribution in [0, 0.1) is 11.8 Å². The van der Waals surface area contributed by atoms with Gasteiger partial charge in [0, 0.05) is 20.0 Å². The van der Waals surface area contributed by atoms with E-state index < -0.39 is 6.04 Å². The van der Waals surface area contributed by atoms with Gasteiger partial charge in [-0.2, -0.15) is 0 Å². The number of carbonyl (C=O) groups excluding carboxylic acids is 2. The van der Waals surface area contributed by atoms with Crippen molar-refractivity contribution in [2.75, 3.05) is 31.6 Å². The minimum atomic E-state index is -0.393. The molecule has 0 radical (unpaired) electrons. The van der Waals surface area contributed by atoms with Crippen molar-refractivity contribution in [2.24, 2.45) is 11.8 Å². The summed E-state index contributed by atoms with van der Waals surface area (Å²) in [4.78, 5) is 28.9. The predicted molar refractivity (Wildman–Crippen MR) is 104 cm³/mol. The fourth-order valence-electron chi connectivity index (χ4n) is 4.06. The van der Waals surface area contributed by atoms with Gasteiger partial charge in [-0.3, -0.25) is 9.59 Å². The maximum atomic E-state index is 12.9. The highest BCUT2D eigenvalue weighted by Crippen LogP contribution is 2.31. The van der Waals surface area contributed by atoms with Crippen molar-refractivity contribution in [3.63, 3.8) is 0 Å². The van der Waals surface area contributed by atoms with Crippen LogP contribution in [-0.4, -0.2) is 49.4 Å². The van der Waals surface area contributed by atoms with Gasteiger partial charge in [0.2, 0.25) is 11.8 Å². The predicted octanol–water partition coefficient (Wildman–Crippen LogP) is 2.93. The van der Waals surface area contributed by atoms with Crippen LogP contribution >= 0.6 is 11.6 Å². The highest BCUT2D eigenvalue weighted by atomic mass is 35.5. The van der Waals surface area contributed by atoms with E-state index in [9.17, 15) is 9.59 Å². The topological polar surface area (TPSA) is 52.7 Å². The first-order valence-corrected chi connectivity index (χ1v) is 9.89. The van der Waals surface area contributed by atoms with E-state index in [4.69, 9.17) is 11.6 Å². The van der Waals surface area contributed by atoms with Crippen molar-refractivity contribution in [1.82, 2.24) is 10.2 Å². The number of benzene rings is 1. The SMILES string of the molecule is CC(CC(=O)N(C)C1CCN(c2ccccc2Cl)C1=O)C1CCCNC1. The van der Waals surface area contributed by atoms with Crippen molar-refractivity contribution in [3.05, 3.63) is 29.3 Å². The third-order valence-corrected chi connectivity index (χ3v) is 6.14. The van der Waals surface area contributed by atoms with Gasteiger partial charge in [0.25, 0.3) is 0 Å². The van der Waals surface area contributed by atoms with Crippen molar-refractivity contribution in [3.8, 4) is 0 Å². The lowest BCUT2D eigenvalue weighted by atomic mass is 9.85. The molecule has 3 rings (SSSR count). The van der Waals surface area contributed by atoms with E-state index >= 15 is 0 Å². The van der Waals surface area contributed by atoms with Crippen molar-refractivity contribution in [2.45, 2.75) is 38.6 Å². The molecule has 2 amide bonds. The second kappa shape index (κ2) is 8.40. The molecule has 1 aromatic rings. The molecule has 6 heteroatoms. The summed E-state index contributed by atoms with van der Waals surface area (Å²) in [5.41, 5.74) is 0.726. The lowest BCUT2D eigenvalue weighted by molar-refractivity contribution is -0.137. The molecule has 3 atom stereocenters. The maximum Gasteiger partial charge on any atom is 0.249 e. The molecule has 1 N–H and O–H groups in total. The van der Waals surface area contributed by atoms with E-state index in [1.807, 2.05) is 18.2 Å². The molecule has 0 saturated carbocycles. The van der Waals surface area contributed by atoms with Gasteiger partial charge in [0.1, 0.15) is 6.04 Å². The summed E-state index contributed by atoms with van der Waals surface area (Å²) in [5.74, 6) is 0.886. The summed E-state index contributed by atoms with van der Waals surface area (Å²) in [6, 6.07) is 6.96. The first-order valence-electron chi connectivity index (χ1n) is 9.51. The number of carbonyl (C=O) groups is 2. The van der Waals surface area contributed by atoms with Crippen molar-refractivity contribution >= 4 is 29.1 Å². The number of hydrogen-bond donors (Lipinski definition) is 1. The zero-order valence-corrected chi connectivity index (χ0v) is 16.3. The smallest absolute Gasteiger partial charge is 0.249 e. The second-order valence-electron chi connectivity index (χ2n) is 7.54. The summed E-state index contributed by atoms with van der Waals surface area (Å²) in [7, 11) is 1.76. The Labute approximate surface area is 160 Å². The third-order valence-electron chi connectivity index (χ3n) is 5.82. The van der Waals surface area contributed by atoms with E-state index in [-0.39, 0.29) is 11.8 Å². The number of nitrogens with zero attached hydrogens (tertiary/aromatic N) is 2. The maximum absolute atomic E-state index is 12.9. The number of hydrogen-bond acceptors (Lipinski definition) is 3. The zero-order chi connectivity index (χ0) is 18.7. The summed E-state index contributed by atoms with van der Waals surface area (Å²) in [5, 5.41) is 3.98. The molecule has 26 heavy (non-hydrogen) atoms. The van der Waals surface area contributed by atoms with Gasteiger partial charge in [-0.1, -0.05) is 30.7 Å². The number of likely N-dealkylation sites (N-methyl/N-ethyl adjacent to an activating group) is 1. The Bertz CT molecular complexity index is 660. The molecular formula is C20H28ClN3O2. The number of amides is 2. The quantitative estimate of drug-likeness (QED) is 0.858. The Kier molecular flexibility index (Phi) is 6.20. The molecule has 2 fully saturated rings. The number of halogens is 1. The van der Waals surface area contributed by atoms with E-state index in [0.717, 1.165) is 18.8 Å². The molecule has 0 bridgehead atoms. The molecule has 0 aliphatic carbocycles. The van der Waals surface area contributed by atoms with Crippen LogP contribution in [0.5, 0.6) is 0 Å². The molecule has 142 valence electrons. The molecule has 2 saturated heterocycles. The summed E-state index contributed by atoms with van der Waals surface area (Å²) < 4.78 is 0. The molecule has 5 nitrogen and oxygen atoms in total. The van der Waals surface area contributed by atoms with Gasteiger partial charge < -0.3 is 15.1 Å². The lowest BCUT2D eigenvalue weighted by Gasteiger charge is -2.30. The van der Waals surface area contributed by atoms with Crippen LogP contribution in [0.1, 0.15) is 32.6 Å². The average molecular weight is 378 g/mol. The monoisotopic (exact) mass is 377 g/mol. The normalized spacial score (nSPS) is 24.6. The molecular weight excluding hydrogens is 350 g/mol. The first kappa shape index (κ1) is 19.2. The number of nitrogens with one attached hydrogen (secondary N) is 1. The van der Waals surface area contributed by atoms with Gasteiger partial charge in [-0.05, 0) is 56.3 Å². The van der Waals surface area contributed by atoms with Gasteiger partial charge in [-0.25, -0.2) is 0 Å². The number of para-hydroxylation sites is 1. The minimum Gasteiger partial charge on any atom is -0.334 e. The van der Waals surface area contributed by atoms with Crippen LogP contribution in [0.25, 0.3) is 0 Å². The molecule has 2 aliphatic heterocycles. The van der Waals surface area contributed by atoms with Gasteiger partial charge >= 0.3 is 0 Å². The number of anilines is 1. The van der Waals surface area contributed by atoms with Gasteiger partial charge in [0.05, 0.1) is 10.7 Å². The van der Waals surface area contributed by atoms with Crippen molar-refractivity contribution < 1.29 is 9.59 Å². The molecule has 2 heterocycles. The van der Waals surface area contributed by atoms with Crippen LogP contribution in [0.4, 0.5) is 5.69 Å². The largest absolute Gasteiger partial charge is 0.334 e. The molecule has 0 aromatic heterocycles. The second-order valence-corrected chi connectivity index (χ2v) is 7.95. The number of piperidine rings is 1. The summed E-state index contributed by atoms with van der Waals surface area (Å²) in [6.07, 6.45) is 3.49. The van der Waals surface area contributed by atoms with E-state index in [1.165, 1.54) is 12.8 Å². The van der Waals surface area contributed by atoms with Crippen LogP contribution in [0.15, 0.2) is 24.3 Å². The van der Waals surface area contributed by atoms with Gasteiger partial charge in [-0.15, -0.1) is 0 Å². The summed E-state index contributed by atoms with van der Waals surface area (Å²) in [6.45, 7) is 4.80. The van der Waals surface area contributed by atoms with E-state index in [1.54, 1.807) is 22.9 Å². The zero-order valence-electron chi connectivity index (χ0n) is 15.6.